The van der Waals surface area contributed by atoms with Crippen LogP contribution in [-0.2, 0) is 11.8 Å². The number of halogens is 3. The summed E-state index contributed by atoms with van der Waals surface area (Å²) in [5, 5.41) is 21.2. The quantitative estimate of drug-likeness (QED) is 0.692. The van der Waals surface area contributed by atoms with Gasteiger partial charge in [0.05, 0.1) is 0 Å². The first-order valence-electron chi connectivity index (χ1n) is 8.82. The molecule has 0 amide bonds. The van der Waals surface area contributed by atoms with Crippen molar-refractivity contribution in [3.8, 4) is 11.5 Å². The van der Waals surface area contributed by atoms with E-state index in [1.165, 1.54) is 6.08 Å². The Bertz CT molecular complexity index is 851. The molecule has 1 fully saturated rings. The second-order valence-electron chi connectivity index (χ2n) is 8.15. The molecule has 5 atom stereocenters. The van der Waals surface area contributed by atoms with Gasteiger partial charge in [-0.05, 0) is 50.6 Å². The van der Waals surface area contributed by atoms with E-state index in [4.69, 9.17) is 4.74 Å². The van der Waals surface area contributed by atoms with Crippen molar-refractivity contribution in [2.45, 2.75) is 49.1 Å². The standard InChI is InChI=1S/C19H20F3NO3/c1-9-7-10-8-12-11-3-4-18(25,19(20,21)22)16-17(11,5-6-23(12)2)13(10)15(26-16)14(9)24/h3-4,7,11-12,16,24-25H,5-6,8H2,1-2H3/t11-,12+,16+,17-,18-/m0/s1. The molecule has 5 rings (SSSR count). The first kappa shape index (κ1) is 16.4. The van der Waals surface area contributed by atoms with Crippen molar-refractivity contribution < 1.29 is 28.1 Å². The minimum Gasteiger partial charge on any atom is -0.504 e. The third-order valence-corrected chi connectivity index (χ3v) is 6.99. The van der Waals surface area contributed by atoms with Crippen LogP contribution in [0.15, 0.2) is 18.2 Å². The number of phenolic OH excluding ortho intramolecular Hbond substituents is 1. The van der Waals surface area contributed by atoms with Crippen LogP contribution in [0.2, 0.25) is 0 Å². The molecule has 4 nitrogen and oxygen atoms in total. The molecule has 0 radical (unpaired) electrons. The normalized spacial score (nSPS) is 40.3. The van der Waals surface area contributed by atoms with Crippen LogP contribution >= 0.6 is 0 Å². The van der Waals surface area contributed by atoms with Gasteiger partial charge >= 0.3 is 6.18 Å². The Morgan fingerprint density at radius 2 is 2.08 bits per heavy atom. The first-order valence-corrected chi connectivity index (χ1v) is 8.82. The number of phenols is 1. The van der Waals surface area contributed by atoms with E-state index in [-0.39, 0.29) is 23.5 Å². The molecule has 1 saturated heterocycles. The van der Waals surface area contributed by atoms with Gasteiger partial charge in [-0.3, -0.25) is 0 Å². The lowest BCUT2D eigenvalue weighted by Crippen LogP contribution is -2.71. The number of alkyl halides is 3. The second kappa shape index (κ2) is 4.57. The van der Waals surface area contributed by atoms with Crippen LogP contribution in [0, 0.1) is 12.8 Å². The van der Waals surface area contributed by atoms with Gasteiger partial charge in [0.15, 0.2) is 17.6 Å². The predicted molar refractivity (Wildman–Crippen MR) is 87.3 cm³/mol. The molecule has 140 valence electrons. The van der Waals surface area contributed by atoms with Crippen LogP contribution in [0.5, 0.6) is 11.5 Å². The Balaban J connectivity index is 1.84. The van der Waals surface area contributed by atoms with Crippen LogP contribution in [0.3, 0.4) is 0 Å². The molecule has 7 heteroatoms. The number of aryl methyl sites for hydroxylation is 1. The Morgan fingerprint density at radius 3 is 2.77 bits per heavy atom. The summed E-state index contributed by atoms with van der Waals surface area (Å²) in [6, 6.07) is 1.90. The average molecular weight is 367 g/mol. The lowest BCUT2D eigenvalue weighted by molar-refractivity contribution is -0.278. The monoisotopic (exact) mass is 367 g/mol. The molecule has 2 heterocycles. The van der Waals surface area contributed by atoms with Crippen LogP contribution in [0.25, 0.3) is 0 Å². The summed E-state index contributed by atoms with van der Waals surface area (Å²) in [7, 11) is 1.99. The number of ether oxygens (including phenoxy) is 1. The molecule has 2 aliphatic heterocycles. The highest BCUT2D eigenvalue weighted by Crippen LogP contribution is 2.65. The number of aromatic hydroxyl groups is 1. The summed E-state index contributed by atoms with van der Waals surface area (Å²) in [6.45, 7) is 2.34. The number of piperidine rings is 1. The summed E-state index contributed by atoms with van der Waals surface area (Å²) >= 11 is 0. The molecular formula is C19H20F3NO3. The van der Waals surface area contributed by atoms with E-state index < -0.39 is 23.3 Å². The number of likely N-dealkylation sites (N-methyl/N-ethyl adjacent to an activating group) is 1. The van der Waals surface area contributed by atoms with Crippen molar-refractivity contribution in [3.63, 3.8) is 0 Å². The number of likely N-dealkylation sites (tertiary alicyclic amines) is 1. The third kappa shape index (κ3) is 1.60. The van der Waals surface area contributed by atoms with Gasteiger partial charge in [-0.25, -0.2) is 0 Å². The summed E-state index contributed by atoms with van der Waals surface area (Å²) in [6.07, 6.45) is -2.81. The Morgan fingerprint density at radius 1 is 1.35 bits per heavy atom. The lowest BCUT2D eigenvalue weighted by atomic mass is 9.51. The van der Waals surface area contributed by atoms with E-state index in [1.807, 2.05) is 13.1 Å². The van der Waals surface area contributed by atoms with Crippen molar-refractivity contribution in [2.75, 3.05) is 13.6 Å². The van der Waals surface area contributed by atoms with E-state index in [9.17, 15) is 23.4 Å². The summed E-state index contributed by atoms with van der Waals surface area (Å²) in [5.41, 5.74) is -1.86. The Labute approximate surface area is 148 Å². The zero-order chi connectivity index (χ0) is 18.6. The fourth-order valence-electron chi connectivity index (χ4n) is 5.77. The molecule has 2 bridgehead atoms. The highest BCUT2D eigenvalue weighted by atomic mass is 19.4. The molecule has 4 aliphatic rings. The topological polar surface area (TPSA) is 52.9 Å². The van der Waals surface area contributed by atoms with Crippen molar-refractivity contribution >= 4 is 0 Å². The highest BCUT2D eigenvalue weighted by molar-refractivity contribution is 5.64. The van der Waals surface area contributed by atoms with E-state index in [1.54, 1.807) is 6.92 Å². The number of nitrogens with zero attached hydrogens (tertiary/aromatic N) is 1. The molecule has 1 aromatic carbocycles. The van der Waals surface area contributed by atoms with Gasteiger partial charge in [0, 0.05) is 22.9 Å². The number of hydrogen-bond acceptors (Lipinski definition) is 4. The molecule has 2 N–H and O–H groups in total. The zero-order valence-corrected chi connectivity index (χ0v) is 14.5. The van der Waals surface area contributed by atoms with Crippen molar-refractivity contribution in [2.24, 2.45) is 5.92 Å². The maximum Gasteiger partial charge on any atom is 0.424 e. The van der Waals surface area contributed by atoms with Crippen LogP contribution < -0.4 is 4.74 Å². The molecule has 1 aromatic rings. The van der Waals surface area contributed by atoms with Gasteiger partial charge in [-0.2, -0.15) is 13.2 Å². The van der Waals surface area contributed by atoms with Crippen LogP contribution in [-0.4, -0.2) is 52.6 Å². The number of hydrogen-bond donors (Lipinski definition) is 2. The number of aliphatic hydroxyl groups is 1. The molecule has 0 saturated carbocycles. The lowest BCUT2D eigenvalue weighted by Gasteiger charge is -2.58. The minimum absolute atomic E-state index is 0.0475. The average Bonchev–Trinajstić information content (AvgIpc) is 2.91. The van der Waals surface area contributed by atoms with Gasteiger partial charge < -0.3 is 19.8 Å². The molecule has 0 unspecified atom stereocenters. The molecule has 26 heavy (non-hydrogen) atoms. The SMILES string of the molecule is Cc1cc2c3c(c1O)O[C@@H]1[C@]34CCN(C)[C@H](C2)[C@@H]4C=C[C@@]1(O)C(F)(F)F. The molecule has 0 aromatic heterocycles. The molecular weight excluding hydrogens is 347 g/mol. The maximum absolute atomic E-state index is 13.9. The molecule has 2 aliphatic carbocycles. The van der Waals surface area contributed by atoms with Gasteiger partial charge in [-0.1, -0.05) is 12.1 Å². The minimum atomic E-state index is -4.86. The number of rotatable bonds is 0. The van der Waals surface area contributed by atoms with Crippen molar-refractivity contribution in [3.05, 3.63) is 34.9 Å². The number of benzene rings is 1. The van der Waals surface area contributed by atoms with Gasteiger partial charge in [0.2, 0.25) is 5.60 Å². The Kier molecular flexibility index (Phi) is 2.89. The third-order valence-electron chi connectivity index (χ3n) is 6.99. The summed E-state index contributed by atoms with van der Waals surface area (Å²) < 4.78 is 47.3. The molecule has 1 spiro atoms. The van der Waals surface area contributed by atoms with E-state index in [0.29, 0.717) is 30.5 Å². The second-order valence-corrected chi connectivity index (χ2v) is 8.15. The largest absolute Gasteiger partial charge is 0.504 e. The van der Waals surface area contributed by atoms with Gasteiger partial charge in [0.25, 0.3) is 0 Å². The van der Waals surface area contributed by atoms with Crippen molar-refractivity contribution in [1.82, 2.24) is 4.90 Å². The van der Waals surface area contributed by atoms with E-state index in [2.05, 4.69) is 4.90 Å². The van der Waals surface area contributed by atoms with Crippen molar-refractivity contribution in [1.29, 1.82) is 0 Å². The van der Waals surface area contributed by atoms with Crippen LogP contribution in [0.1, 0.15) is 23.1 Å². The van der Waals surface area contributed by atoms with E-state index in [0.717, 1.165) is 11.6 Å². The summed E-state index contributed by atoms with van der Waals surface area (Å²) in [5.74, 6) is -0.178. The first-order chi connectivity index (χ1) is 12.1. The Hall–Kier alpha value is -1.73. The van der Waals surface area contributed by atoms with E-state index >= 15 is 0 Å². The smallest absolute Gasteiger partial charge is 0.424 e. The summed E-state index contributed by atoms with van der Waals surface area (Å²) in [4.78, 5) is 2.18. The van der Waals surface area contributed by atoms with Gasteiger partial charge in [0.1, 0.15) is 0 Å². The highest BCUT2D eigenvalue weighted by Gasteiger charge is 2.73. The maximum atomic E-state index is 13.9. The zero-order valence-electron chi connectivity index (χ0n) is 14.5. The van der Waals surface area contributed by atoms with Crippen LogP contribution in [0.4, 0.5) is 13.2 Å². The fourth-order valence-corrected chi connectivity index (χ4v) is 5.77. The fraction of sp³-hybridized carbons (Fsp3) is 0.579. The van der Waals surface area contributed by atoms with Gasteiger partial charge in [-0.15, -0.1) is 0 Å². The predicted octanol–water partition coefficient (Wildman–Crippen LogP) is 2.44.